The molecule has 0 aliphatic carbocycles. The molecule has 0 saturated carbocycles. The standard InChI is InChI=1S/C12H21FO3S/c1-11(14)16-9-7-12(13)17-10-6-4-3-5-8-15-2/h7H,3-6,8-10H2,1-2H3/b12-7-. The molecule has 0 aromatic carbocycles. The number of halogens is 1. The van der Waals surface area contributed by atoms with Gasteiger partial charge >= 0.3 is 5.97 Å². The monoisotopic (exact) mass is 264 g/mol. The van der Waals surface area contributed by atoms with Gasteiger partial charge in [-0.3, -0.25) is 4.79 Å². The molecule has 0 atom stereocenters. The molecule has 0 aromatic heterocycles. The maximum Gasteiger partial charge on any atom is 0.302 e. The van der Waals surface area contributed by atoms with Crippen LogP contribution in [0.25, 0.3) is 0 Å². The van der Waals surface area contributed by atoms with Crippen molar-refractivity contribution < 1.29 is 18.7 Å². The van der Waals surface area contributed by atoms with Crippen molar-refractivity contribution >= 4 is 17.7 Å². The van der Waals surface area contributed by atoms with E-state index in [1.54, 1.807) is 7.11 Å². The summed E-state index contributed by atoms with van der Waals surface area (Å²) in [5.41, 5.74) is 0. The lowest BCUT2D eigenvalue weighted by atomic mass is 10.2. The number of hydrogen-bond acceptors (Lipinski definition) is 4. The Morgan fingerprint density at radius 3 is 2.65 bits per heavy atom. The van der Waals surface area contributed by atoms with Crippen molar-refractivity contribution in [3.05, 3.63) is 11.2 Å². The van der Waals surface area contributed by atoms with Gasteiger partial charge in [0.25, 0.3) is 0 Å². The number of ether oxygens (including phenoxy) is 2. The molecule has 3 nitrogen and oxygen atoms in total. The topological polar surface area (TPSA) is 35.5 Å². The van der Waals surface area contributed by atoms with Gasteiger partial charge in [-0.05, 0) is 18.9 Å². The predicted molar refractivity (Wildman–Crippen MR) is 68.6 cm³/mol. The van der Waals surface area contributed by atoms with Gasteiger partial charge in [0, 0.05) is 26.4 Å². The number of unbranched alkanes of at least 4 members (excludes halogenated alkanes) is 3. The minimum absolute atomic E-state index is 0.0159. The van der Waals surface area contributed by atoms with E-state index >= 15 is 0 Å². The van der Waals surface area contributed by atoms with Gasteiger partial charge in [-0.25, -0.2) is 0 Å². The third kappa shape index (κ3) is 13.4. The SMILES string of the molecule is COCCCCCCS/C(F)=C\COC(C)=O. The van der Waals surface area contributed by atoms with Gasteiger partial charge in [-0.2, -0.15) is 4.39 Å². The van der Waals surface area contributed by atoms with Crippen molar-refractivity contribution in [1.29, 1.82) is 0 Å². The normalized spacial score (nSPS) is 11.6. The molecule has 17 heavy (non-hydrogen) atoms. The third-order valence-corrected chi connectivity index (χ3v) is 2.95. The van der Waals surface area contributed by atoms with E-state index in [0.717, 1.165) is 49.8 Å². The predicted octanol–water partition coefficient (Wildman–Crippen LogP) is 3.30. The zero-order valence-corrected chi connectivity index (χ0v) is 11.4. The van der Waals surface area contributed by atoms with E-state index in [1.807, 2.05) is 0 Å². The van der Waals surface area contributed by atoms with Crippen LogP contribution in [-0.2, 0) is 14.3 Å². The molecule has 0 saturated heterocycles. The Bertz CT molecular complexity index is 232. The van der Waals surface area contributed by atoms with Gasteiger partial charge in [-0.1, -0.05) is 24.6 Å². The number of thioether (sulfide) groups is 1. The van der Waals surface area contributed by atoms with Crippen LogP contribution in [0.2, 0.25) is 0 Å². The first kappa shape index (κ1) is 16.4. The van der Waals surface area contributed by atoms with Gasteiger partial charge < -0.3 is 9.47 Å². The summed E-state index contributed by atoms with van der Waals surface area (Å²) in [6.45, 7) is 2.12. The fourth-order valence-electron chi connectivity index (χ4n) is 1.16. The smallest absolute Gasteiger partial charge is 0.302 e. The number of hydrogen-bond donors (Lipinski definition) is 0. The molecule has 0 aliphatic rings. The van der Waals surface area contributed by atoms with Crippen LogP contribution in [0.1, 0.15) is 32.6 Å². The van der Waals surface area contributed by atoms with Crippen molar-refractivity contribution in [3.8, 4) is 0 Å². The summed E-state index contributed by atoms with van der Waals surface area (Å²) < 4.78 is 22.6. The number of carbonyl (C=O) groups is 1. The maximum atomic E-state index is 13.1. The van der Waals surface area contributed by atoms with Crippen LogP contribution in [0.15, 0.2) is 11.2 Å². The molecule has 0 unspecified atom stereocenters. The zero-order chi connectivity index (χ0) is 12.9. The van der Waals surface area contributed by atoms with Crippen molar-refractivity contribution in [2.75, 3.05) is 26.1 Å². The van der Waals surface area contributed by atoms with E-state index < -0.39 is 5.97 Å². The highest BCUT2D eigenvalue weighted by Crippen LogP contribution is 2.18. The Labute approximate surface area is 107 Å². The fraction of sp³-hybridized carbons (Fsp3) is 0.750. The van der Waals surface area contributed by atoms with Crippen LogP contribution >= 0.6 is 11.8 Å². The van der Waals surface area contributed by atoms with Gasteiger partial charge in [-0.15, -0.1) is 0 Å². The number of methoxy groups -OCH3 is 1. The second-order valence-electron chi connectivity index (χ2n) is 3.57. The van der Waals surface area contributed by atoms with Crippen LogP contribution in [0.5, 0.6) is 0 Å². The number of esters is 1. The first-order valence-corrected chi connectivity index (χ1v) is 6.76. The molecule has 0 aromatic rings. The highest BCUT2D eigenvalue weighted by Gasteiger charge is 1.97. The third-order valence-electron chi connectivity index (χ3n) is 2.01. The van der Waals surface area contributed by atoms with E-state index in [2.05, 4.69) is 4.74 Å². The lowest BCUT2D eigenvalue weighted by Gasteiger charge is -2.01. The summed E-state index contributed by atoms with van der Waals surface area (Å²) in [4.78, 5) is 10.4. The molecule has 0 rings (SSSR count). The highest BCUT2D eigenvalue weighted by molar-refractivity contribution is 8.02. The van der Waals surface area contributed by atoms with Crippen molar-refractivity contribution in [1.82, 2.24) is 0 Å². The average molecular weight is 264 g/mol. The van der Waals surface area contributed by atoms with E-state index in [0.29, 0.717) is 0 Å². The molecular weight excluding hydrogens is 243 g/mol. The van der Waals surface area contributed by atoms with Gasteiger partial charge in [0.1, 0.15) is 6.61 Å². The summed E-state index contributed by atoms with van der Waals surface area (Å²) >= 11 is 1.16. The Kier molecular flexibility index (Phi) is 11.5. The summed E-state index contributed by atoms with van der Waals surface area (Å²) in [6, 6.07) is 0. The fourth-order valence-corrected chi connectivity index (χ4v) is 1.88. The molecule has 5 heteroatoms. The van der Waals surface area contributed by atoms with Crippen LogP contribution in [0.3, 0.4) is 0 Å². The Hall–Kier alpha value is -0.550. The lowest BCUT2D eigenvalue weighted by molar-refractivity contribution is -0.139. The Balaban J connectivity index is 3.32. The second-order valence-corrected chi connectivity index (χ2v) is 4.65. The number of carbonyl (C=O) groups excluding carboxylic acids is 1. The van der Waals surface area contributed by atoms with Crippen molar-refractivity contribution in [2.24, 2.45) is 0 Å². The summed E-state index contributed by atoms with van der Waals surface area (Å²) in [6.07, 6.45) is 5.55. The molecule has 0 radical (unpaired) electrons. The molecule has 0 bridgehead atoms. The van der Waals surface area contributed by atoms with Gasteiger partial charge in [0.15, 0.2) is 5.16 Å². The molecule has 0 N–H and O–H groups in total. The summed E-state index contributed by atoms with van der Waals surface area (Å²) in [7, 11) is 1.69. The van der Waals surface area contributed by atoms with Crippen LogP contribution < -0.4 is 0 Å². The molecule has 100 valence electrons. The van der Waals surface area contributed by atoms with Crippen LogP contribution in [-0.4, -0.2) is 32.0 Å². The molecule has 0 aliphatic heterocycles. The second kappa shape index (κ2) is 11.9. The maximum absolute atomic E-state index is 13.1. The molecule has 0 spiro atoms. The van der Waals surface area contributed by atoms with Crippen molar-refractivity contribution in [2.45, 2.75) is 32.6 Å². The molecule has 0 fully saturated rings. The first-order valence-electron chi connectivity index (χ1n) is 5.77. The average Bonchev–Trinajstić information content (AvgIpc) is 2.27. The Morgan fingerprint density at radius 1 is 1.29 bits per heavy atom. The summed E-state index contributed by atoms with van der Waals surface area (Å²) in [5.74, 6) is 0.368. The quantitative estimate of drug-likeness (QED) is 0.448. The van der Waals surface area contributed by atoms with Crippen molar-refractivity contribution in [3.63, 3.8) is 0 Å². The van der Waals surface area contributed by atoms with Gasteiger partial charge in [0.05, 0.1) is 0 Å². The minimum atomic E-state index is -0.391. The number of rotatable bonds is 10. The van der Waals surface area contributed by atoms with E-state index in [1.165, 1.54) is 13.0 Å². The highest BCUT2D eigenvalue weighted by atomic mass is 32.2. The van der Waals surface area contributed by atoms with E-state index in [9.17, 15) is 9.18 Å². The van der Waals surface area contributed by atoms with Crippen LogP contribution in [0, 0.1) is 0 Å². The molecular formula is C12H21FO3S. The minimum Gasteiger partial charge on any atom is -0.462 e. The molecule has 0 heterocycles. The molecule has 0 amide bonds. The van der Waals surface area contributed by atoms with E-state index in [-0.39, 0.29) is 11.8 Å². The van der Waals surface area contributed by atoms with Crippen LogP contribution in [0.4, 0.5) is 4.39 Å². The zero-order valence-electron chi connectivity index (χ0n) is 10.5. The largest absolute Gasteiger partial charge is 0.462 e. The first-order chi connectivity index (χ1) is 8.16. The Morgan fingerprint density at radius 2 is 2.00 bits per heavy atom. The van der Waals surface area contributed by atoms with Gasteiger partial charge in [0.2, 0.25) is 0 Å². The van der Waals surface area contributed by atoms with E-state index in [4.69, 9.17) is 4.74 Å². The summed E-state index contributed by atoms with van der Waals surface area (Å²) in [5, 5.41) is -0.275. The lowest BCUT2D eigenvalue weighted by Crippen LogP contribution is -1.97.